The lowest BCUT2D eigenvalue weighted by molar-refractivity contribution is 0.0210. The fourth-order valence-electron chi connectivity index (χ4n) is 2.86. The van der Waals surface area contributed by atoms with Gasteiger partial charge in [-0.2, -0.15) is 0 Å². The number of ether oxygens (including phenoxy) is 1. The van der Waals surface area contributed by atoms with Crippen LogP contribution >= 0.6 is 0 Å². The summed E-state index contributed by atoms with van der Waals surface area (Å²) in [7, 11) is 1.63. The van der Waals surface area contributed by atoms with Crippen LogP contribution in [0.3, 0.4) is 0 Å². The van der Waals surface area contributed by atoms with Crippen LogP contribution < -0.4 is 10.6 Å². The maximum atomic E-state index is 12.1. The molecule has 2 N–H and O–H groups in total. The van der Waals surface area contributed by atoms with Crippen molar-refractivity contribution < 1.29 is 14.3 Å². The molecule has 0 aromatic heterocycles. The van der Waals surface area contributed by atoms with E-state index in [0.29, 0.717) is 24.7 Å². The molecule has 25 heavy (non-hydrogen) atoms. The van der Waals surface area contributed by atoms with Crippen LogP contribution in [0.25, 0.3) is 0 Å². The van der Waals surface area contributed by atoms with Gasteiger partial charge in [0.25, 0.3) is 5.91 Å². The van der Waals surface area contributed by atoms with Crippen molar-refractivity contribution in [1.29, 1.82) is 0 Å². The van der Waals surface area contributed by atoms with E-state index in [2.05, 4.69) is 10.6 Å². The minimum absolute atomic E-state index is 0.0830. The molecule has 2 rings (SSSR count). The molecule has 1 aliphatic heterocycles. The Morgan fingerprint density at radius 1 is 1.20 bits per heavy atom. The molecule has 138 valence electrons. The first-order valence-corrected chi connectivity index (χ1v) is 8.77. The molecule has 6 heteroatoms. The number of hydrogen-bond donors (Lipinski definition) is 2. The molecule has 0 atom stereocenters. The summed E-state index contributed by atoms with van der Waals surface area (Å²) in [6.07, 6.45) is 1.50. The molecule has 0 saturated carbocycles. The summed E-state index contributed by atoms with van der Waals surface area (Å²) in [5.74, 6) is -0.0830. The standard InChI is InChI=1S/C19H29N3O3/c1-13-12-14(17(23)20-5)6-7-16(13)21-15-8-10-22(11-9-15)18(24)25-19(2,3)4/h6-7,12,15,21H,8-11H2,1-5H3,(H,20,23). The van der Waals surface area contributed by atoms with E-state index in [1.807, 2.05) is 45.9 Å². The Morgan fingerprint density at radius 3 is 2.36 bits per heavy atom. The quantitative estimate of drug-likeness (QED) is 0.881. The number of aryl methyl sites for hydroxylation is 1. The number of hydrogen-bond acceptors (Lipinski definition) is 4. The van der Waals surface area contributed by atoms with Gasteiger partial charge in [-0.1, -0.05) is 0 Å². The van der Waals surface area contributed by atoms with Crippen molar-refractivity contribution in [2.45, 2.75) is 52.2 Å². The zero-order valence-corrected chi connectivity index (χ0v) is 15.8. The number of nitrogens with one attached hydrogen (secondary N) is 2. The zero-order valence-electron chi connectivity index (χ0n) is 15.8. The van der Waals surface area contributed by atoms with Crippen LogP contribution in [-0.2, 0) is 4.74 Å². The third kappa shape index (κ3) is 5.37. The minimum atomic E-state index is -0.462. The normalized spacial score (nSPS) is 15.6. The highest BCUT2D eigenvalue weighted by Gasteiger charge is 2.26. The van der Waals surface area contributed by atoms with Crippen LogP contribution in [0.5, 0.6) is 0 Å². The number of carbonyl (C=O) groups is 2. The number of piperidine rings is 1. The van der Waals surface area contributed by atoms with Crippen LogP contribution in [0.4, 0.5) is 10.5 Å². The van der Waals surface area contributed by atoms with Crippen molar-refractivity contribution in [3.63, 3.8) is 0 Å². The molecular weight excluding hydrogens is 318 g/mol. The van der Waals surface area contributed by atoms with Gasteiger partial charge in [0.2, 0.25) is 0 Å². The summed E-state index contributed by atoms with van der Waals surface area (Å²) in [4.78, 5) is 25.6. The number of benzene rings is 1. The minimum Gasteiger partial charge on any atom is -0.444 e. The van der Waals surface area contributed by atoms with Gasteiger partial charge < -0.3 is 20.3 Å². The molecule has 1 fully saturated rings. The van der Waals surface area contributed by atoms with E-state index in [0.717, 1.165) is 24.1 Å². The van der Waals surface area contributed by atoms with Crippen molar-refractivity contribution in [2.75, 3.05) is 25.5 Å². The van der Waals surface area contributed by atoms with Crippen LogP contribution in [0.1, 0.15) is 49.5 Å². The van der Waals surface area contributed by atoms with Gasteiger partial charge in [-0.15, -0.1) is 0 Å². The van der Waals surface area contributed by atoms with E-state index in [1.165, 1.54) is 0 Å². The molecule has 1 aliphatic rings. The Balaban J connectivity index is 1.90. The summed E-state index contributed by atoms with van der Waals surface area (Å²) < 4.78 is 5.42. The Morgan fingerprint density at radius 2 is 1.84 bits per heavy atom. The lowest BCUT2D eigenvalue weighted by atomic mass is 10.0. The van der Waals surface area contributed by atoms with Crippen molar-refractivity contribution in [1.82, 2.24) is 10.2 Å². The van der Waals surface area contributed by atoms with Crippen LogP contribution in [0.2, 0.25) is 0 Å². The second-order valence-corrected chi connectivity index (χ2v) is 7.49. The number of anilines is 1. The highest BCUT2D eigenvalue weighted by atomic mass is 16.6. The van der Waals surface area contributed by atoms with Crippen LogP contribution in [0, 0.1) is 6.92 Å². The van der Waals surface area contributed by atoms with Gasteiger partial charge in [0.15, 0.2) is 0 Å². The van der Waals surface area contributed by atoms with Crippen molar-refractivity contribution in [2.24, 2.45) is 0 Å². The Bertz CT molecular complexity index is 629. The van der Waals surface area contributed by atoms with Gasteiger partial charge in [0, 0.05) is 37.4 Å². The first-order valence-electron chi connectivity index (χ1n) is 8.77. The number of rotatable bonds is 3. The summed E-state index contributed by atoms with van der Waals surface area (Å²) in [5, 5.41) is 6.16. The lowest BCUT2D eigenvalue weighted by Crippen LogP contribution is -2.44. The average Bonchev–Trinajstić information content (AvgIpc) is 2.55. The maximum Gasteiger partial charge on any atom is 0.410 e. The lowest BCUT2D eigenvalue weighted by Gasteiger charge is -2.34. The third-order valence-electron chi connectivity index (χ3n) is 4.22. The Hall–Kier alpha value is -2.24. The van der Waals surface area contributed by atoms with E-state index in [9.17, 15) is 9.59 Å². The molecule has 2 amide bonds. The van der Waals surface area contributed by atoms with Crippen molar-refractivity contribution >= 4 is 17.7 Å². The average molecular weight is 347 g/mol. The zero-order chi connectivity index (χ0) is 18.6. The molecule has 1 saturated heterocycles. The monoisotopic (exact) mass is 347 g/mol. The van der Waals surface area contributed by atoms with E-state index in [4.69, 9.17) is 4.74 Å². The van der Waals surface area contributed by atoms with Gasteiger partial charge in [0.1, 0.15) is 5.60 Å². The predicted octanol–water partition coefficient (Wildman–Crippen LogP) is 3.17. The molecule has 0 spiro atoms. The molecule has 1 aromatic rings. The summed E-state index contributed by atoms with van der Waals surface area (Å²) >= 11 is 0. The SMILES string of the molecule is CNC(=O)c1ccc(NC2CCN(C(=O)OC(C)(C)C)CC2)c(C)c1. The van der Waals surface area contributed by atoms with Gasteiger partial charge >= 0.3 is 6.09 Å². The number of amides is 2. The molecule has 0 aliphatic carbocycles. The maximum absolute atomic E-state index is 12.1. The molecule has 0 radical (unpaired) electrons. The Kier molecular flexibility index (Phi) is 5.93. The van der Waals surface area contributed by atoms with E-state index < -0.39 is 5.60 Å². The molecule has 1 heterocycles. The van der Waals surface area contributed by atoms with Crippen LogP contribution in [0.15, 0.2) is 18.2 Å². The molecular formula is C19H29N3O3. The van der Waals surface area contributed by atoms with E-state index in [1.54, 1.807) is 11.9 Å². The predicted molar refractivity (Wildman–Crippen MR) is 99.0 cm³/mol. The first-order chi connectivity index (χ1) is 11.7. The molecule has 0 bridgehead atoms. The van der Waals surface area contributed by atoms with Gasteiger partial charge in [-0.05, 0) is 64.3 Å². The largest absolute Gasteiger partial charge is 0.444 e. The second-order valence-electron chi connectivity index (χ2n) is 7.49. The number of carbonyl (C=O) groups excluding carboxylic acids is 2. The fraction of sp³-hybridized carbons (Fsp3) is 0.579. The third-order valence-corrected chi connectivity index (χ3v) is 4.22. The first kappa shape index (κ1) is 19.1. The summed E-state index contributed by atoms with van der Waals surface area (Å²) in [5.41, 5.74) is 2.26. The van der Waals surface area contributed by atoms with Gasteiger partial charge in [0.05, 0.1) is 0 Å². The van der Waals surface area contributed by atoms with Crippen molar-refractivity contribution in [3.05, 3.63) is 29.3 Å². The topological polar surface area (TPSA) is 70.7 Å². The molecule has 6 nitrogen and oxygen atoms in total. The van der Waals surface area contributed by atoms with E-state index in [-0.39, 0.29) is 12.0 Å². The van der Waals surface area contributed by atoms with Gasteiger partial charge in [-0.3, -0.25) is 4.79 Å². The number of likely N-dealkylation sites (tertiary alicyclic amines) is 1. The fourth-order valence-corrected chi connectivity index (χ4v) is 2.86. The van der Waals surface area contributed by atoms with Crippen molar-refractivity contribution in [3.8, 4) is 0 Å². The molecule has 1 aromatic carbocycles. The second kappa shape index (κ2) is 7.76. The summed E-state index contributed by atoms with van der Waals surface area (Å²) in [6, 6.07) is 5.96. The molecule has 0 unspecified atom stereocenters. The van der Waals surface area contributed by atoms with Crippen LogP contribution in [-0.4, -0.2) is 48.7 Å². The smallest absolute Gasteiger partial charge is 0.410 e. The Labute approximate surface area is 149 Å². The van der Waals surface area contributed by atoms with Gasteiger partial charge in [-0.25, -0.2) is 4.79 Å². The highest BCUT2D eigenvalue weighted by molar-refractivity contribution is 5.94. The highest BCUT2D eigenvalue weighted by Crippen LogP contribution is 2.22. The van der Waals surface area contributed by atoms with E-state index >= 15 is 0 Å². The number of nitrogens with zero attached hydrogens (tertiary/aromatic N) is 1. The summed E-state index contributed by atoms with van der Waals surface area (Å²) in [6.45, 7) is 8.99.